The molecule has 1 atom stereocenters. The second-order valence-corrected chi connectivity index (χ2v) is 3.72. The topological polar surface area (TPSA) is 84.5 Å². The SMILES string of the molecule is CNS(=O)(=O)NC(C)C(=O)OC. The lowest BCUT2D eigenvalue weighted by molar-refractivity contribution is -0.142. The molecule has 12 heavy (non-hydrogen) atoms. The highest BCUT2D eigenvalue weighted by atomic mass is 32.2. The number of methoxy groups -OCH3 is 1. The van der Waals surface area contributed by atoms with Gasteiger partial charge in [-0.15, -0.1) is 0 Å². The fourth-order valence-corrected chi connectivity index (χ4v) is 1.20. The fourth-order valence-electron chi connectivity index (χ4n) is 0.517. The second-order valence-electron chi connectivity index (χ2n) is 2.07. The summed E-state index contributed by atoms with van der Waals surface area (Å²) in [4.78, 5) is 10.7. The lowest BCUT2D eigenvalue weighted by atomic mass is 10.4. The van der Waals surface area contributed by atoms with E-state index in [1.165, 1.54) is 21.1 Å². The first-order valence-electron chi connectivity index (χ1n) is 3.21. The molecule has 6 nitrogen and oxygen atoms in total. The van der Waals surface area contributed by atoms with E-state index in [0.29, 0.717) is 0 Å². The van der Waals surface area contributed by atoms with Gasteiger partial charge in [0, 0.05) is 7.05 Å². The molecule has 0 aliphatic rings. The number of carbonyl (C=O) groups is 1. The van der Waals surface area contributed by atoms with Crippen molar-refractivity contribution >= 4 is 16.2 Å². The molecule has 72 valence electrons. The lowest BCUT2D eigenvalue weighted by Crippen LogP contribution is -2.44. The maximum Gasteiger partial charge on any atom is 0.323 e. The number of hydrogen-bond donors (Lipinski definition) is 2. The van der Waals surface area contributed by atoms with E-state index < -0.39 is 22.2 Å². The minimum atomic E-state index is -3.57. The Balaban J connectivity index is 4.19. The quantitative estimate of drug-likeness (QED) is 0.542. The van der Waals surface area contributed by atoms with Crippen LogP contribution in [0.5, 0.6) is 0 Å². The van der Waals surface area contributed by atoms with Crippen molar-refractivity contribution in [3.8, 4) is 0 Å². The van der Waals surface area contributed by atoms with Gasteiger partial charge < -0.3 is 4.74 Å². The Kier molecular flexibility index (Phi) is 4.15. The molecule has 0 spiro atoms. The van der Waals surface area contributed by atoms with Crippen LogP contribution in [0.4, 0.5) is 0 Å². The average Bonchev–Trinajstić information content (AvgIpc) is 2.02. The number of ether oxygens (including phenoxy) is 1. The van der Waals surface area contributed by atoms with Crippen molar-refractivity contribution in [2.45, 2.75) is 13.0 Å². The normalized spacial score (nSPS) is 13.9. The van der Waals surface area contributed by atoms with E-state index in [0.717, 1.165) is 0 Å². The van der Waals surface area contributed by atoms with Crippen LogP contribution in [0.25, 0.3) is 0 Å². The first-order valence-corrected chi connectivity index (χ1v) is 4.70. The van der Waals surface area contributed by atoms with E-state index in [2.05, 4.69) is 4.74 Å². The van der Waals surface area contributed by atoms with Gasteiger partial charge in [-0.2, -0.15) is 13.1 Å². The summed E-state index contributed by atoms with van der Waals surface area (Å²) in [7, 11) is -1.15. The Hall–Kier alpha value is -0.660. The third-order valence-electron chi connectivity index (χ3n) is 1.16. The van der Waals surface area contributed by atoms with E-state index in [-0.39, 0.29) is 0 Å². The van der Waals surface area contributed by atoms with E-state index in [1.807, 2.05) is 9.44 Å². The van der Waals surface area contributed by atoms with Gasteiger partial charge in [0.15, 0.2) is 0 Å². The number of carbonyl (C=O) groups excluding carboxylic acids is 1. The molecule has 0 aliphatic heterocycles. The molecular formula is C5H12N2O4S. The van der Waals surface area contributed by atoms with Crippen LogP contribution in [0.2, 0.25) is 0 Å². The molecular weight excluding hydrogens is 184 g/mol. The van der Waals surface area contributed by atoms with Crippen molar-refractivity contribution in [2.24, 2.45) is 0 Å². The van der Waals surface area contributed by atoms with Crippen LogP contribution in [0.3, 0.4) is 0 Å². The van der Waals surface area contributed by atoms with Gasteiger partial charge in [0.25, 0.3) is 10.2 Å². The predicted molar refractivity (Wildman–Crippen MR) is 42.6 cm³/mol. The van der Waals surface area contributed by atoms with Gasteiger partial charge in [-0.25, -0.2) is 4.72 Å². The highest BCUT2D eigenvalue weighted by molar-refractivity contribution is 7.87. The predicted octanol–water partition coefficient (Wildman–Crippen LogP) is -1.40. The first kappa shape index (κ1) is 11.3. The summed E-state index contributed by atoms with van der Waals surface area (Å²) in [5.74, 6) is -0.631. The largest absolute Gasteiger partial charge is 0.468 e. The summed E-state index contributed by atoms with van der Waals surface area (Å²) in [5.41, 5.74) is 0. The molecule has 0 aromatic heterocycles. The van der Waals surface area contributed by atoms with Crippen LogP contribution in [-0.4, -0.2) is 34.6 Å². The van der Waals surface area contributed by atoms with Gasteiger partial charge in [-0.05, 0) is 6.92 Å². The third kappa shape index (κ3) is 3.65. The van der Waals surface area contributed by atoms with Crippen molar-refractivity contribution in [2.75, 3.05) is 14.2 Å². The van der Waals surface area contributed by atoms with Crippen LogP contribution in [0, 0.1) is 0 Å². The van der Waals surface area contributed by atoms with E-state index in [1.54, 1.807) is 0 Å². The zero-order valence-electron chi connectivity index (χ0n) is 7.12. The second kappa shape index (κ2) is 4.39. The van der Waals surface area contributed by atoms with Crippen LogP contribution >= 0.6 is 0 Å². The summed E-state index contributed by atoms with van der Waals surface area (Å²) in [6.07, 6.45) is 0. The van der Waals surface area contributed by atoms with Gasteiger partial charge in [0.1, 0.15) is 6.04 Å². The molecule has 2 N–H and O–H groups in total. The molecule has 1 unspecified atom stereocenters. The third-order valence-corrected chi connectivity index (χ3v) is 2.36. The molecule has 0 aliphatic carbocycles. The molecule has 7 heteroatoms. The van der Waals surface area contributed by atoms with Crippen LogP contribution in [0.15, 0.2) is 0 Å². The Labute approximate surface area is 71.5 Å². The summed E-state index contributed by atoms with van der Waals surface area (Å²) in [6, 6.07) is -0.882. The van der Waals surface area contributed by atoms with Crippen molar-refractivity contribution < 1.29 is 17.9 Å². The summed E-state index contributed by atoms with van der Waals surface area (Å²) >= 11 is 0. The van der Waals surface area contributed by atoms with Crippen molar-refractivity contribution in [3.05, 3.63) is 0 Å². The Bertz CT molecular complexity index is 248. The molecule has 0 saturated carbocycles. The summed E-state index contributed by atoms with van der Waals surface area (Å²) < 4.78 is 30.0. The Morgan fingerprint density at radius 1 is 1.50 bits per heavy atom. The molecule has 0 fully saturated rings. The first-order chi connectivity index (χ1) is 5.43. The molecule has 0 saturated heterocycles. The van der Waals surface area contributed by atoms with Gasteiger partial charge in [0.2, 0.25) is 0 Å². The van der Waals surface area contributed by atoms with Crippen molar-refractivity contribution in [1.29, 1.82) is 0 Å². The zero-order chi connectivity index (χ0) is 9.78. The minimum absolute atomic E-state index is 0.631. The van der Waals surface area contributed by atoms with E-state index in [9.17, 15) is 13.2 Å². The zero-order valence-corrected chi connectivity index (χ0v) is 7.94. The number of esters is 1. The lowest BCUT2D eigenvalue weighted by Gasteiger charge is -2.10. The van der Waals surface area contributed by atoms with Crippen LogP contribution < -0.4 is 9.44 Å². The highest BCUT2D eigenvalue weighted by Gasteiger charge is 2.18. The van der Waals surface area contributed by atoms with Gasteiger partial charge in [-0.1, -0.05) is 0 Å². The monoisotopic (exact) mass is 196 g/mol. The average molecular weight is 196 g/mol. The summed E-state index contributed by atoms with van der Waals surface area (Å²) in [5, 5.41) is 0. The van der Waals surface area contributed by atoms with E-state index >= 15 is 0 Å². The maximum atomic E-state index is 10.8. The maximum absolute atomic E-state index is 10.8. The number of rotatable bonds is 4. The number of nitrogens with one attached hydrogen (secondary N) is 2. The molecule has 0 rings (SSSR count). The smallest absolute Gasteiger partial charge is 0.323 e. The van der Waals surface area contributed by atoms with Crippen LogP contribution in [-0.2, 0) is 19.7 Å². The summed E-state index contributed by atoms with van der Waals surface area (Å²) in [6.45, 7) is 1.39. The molecule has 0 amide bonds. The molecule has 0 bridgehead atoms. The Morgan fingerprint density at radius 3 is 2.33 bits per heavy atom. The molecule has 0 aromatic rings. The van der Waals surface area contributed by atoms with Crippen molar-refractivity contribution in [1.82, 2.24) is 9.44 Å². The van der Waals surface area contributed by atoms with Gasteiger partial charge in [0.05, 0.1) is 7.11 Å². The minimum Gasteiger partial charge on any atom is -0.468 e. The van der Waals surface area contributed by atoms with Gasteiger partial charge in [-0.3, -0.25) is 4.79 Å². The van der Waals surface area contributed by atoms with Crippen LogP contribution in [0.1, 0.15) is 6.92 Å². The standard InChI is InChI=1S/C5H12N2O4S/c1-4(5(8)11-3)7-12(9,10)6-2/h4,6-7H,1-3H3. The molecule has 0 heterocycles. The van der Waals surface area contributed by atoms with E-state index in [4.69, 9.17) is 0 Å². The van der Waals surface area contributed by atoms with Gasteiger partial charge >= 0.3 is 5.97 Å². The fraction of sp³-hybridized carbons (Fsp3) is 0.800. The van der Waals surface area contributed by atoms with Crippen molar-refractivity contribution in [3.63, 3.8) is 0 Å². The number of hydrogen-bond acceptors (Lipinski definition) is 4. The highest BCUT2D eigenvalue weighted by Crippen LogP contribution is 1.87. The Morgan fingerprint density at radius 2 is 2.00 bits per heavy atom. The molecule has 0 radical (unpaired) electrons. The molecule has 0 aromatic carbocycles.